The molecule has 10 heteroatoms. The van der Waals surface area contributed by atoms with Gasteiger partial charge >= 0.3 is 11.9 Å². The van der Waals surface area contributed by atoms with Crippen LogP contribution in [0.15, 0.2) is 12.1 Å². The highest BCUT2D eigenvalue weighted by molar-refractivity contribution is 6.01. The number of hydrogen-bond donors (Lipinski definition) is 0. The van der Waals surface area contributed by atoms with Crippen LogP contribution in [-0.2, 0) is 19.1 Å². The molecule has 44 heavy (non-hydrogen) atoms. The predicted octanol–water partition coefficient (Wildman–Crippen LogP) is 3.01. The van der Waals surface area contributed by atoms with Gasteiger partial charge in [-0.3, -0.25) is 19.4 Å². The van der Waals surface area contributed by atoms with Gasteiger partial charge in [0, 0.05) is 46.4 Å². The largest absolute Gasteiger partial charge is 0.545 e. The summed E-state index contributed by atoms with van der Waals surface area (Å²) in [5, 5.41) is 25.0. The van der Waals surface area contributed by atoms with Crippen molar-refractivity contribution in [3.63, 3.8) is 0 Å². The van der Waals surface area contributed by atoms with E-state index in [0.717, 1.165) is 5.56 Å². The second kappa shape index (κ2) is 12.8. The first-order valence-electron chi connectivity index (χ1n) is 15.5. The minimum atomic E-state index is -1.55. The number of carbonyl (C=O) groups excluding carboxylic acids is 4. The molecule has 0 radical (unpaired) electrons. The third-order valence-corrected chi connectivity index (χ3v) is 9.99. The van der Waals surface area contributed by atoms with Crippen molar-refractivity contribution >= 4 is 23.9 Å². The Labute approximate surface area is 262 Å². The van der Waals surface area contributed by atoms with Gasteiger partial charge in [-0.05, 0) is 104 Å². The van der Waals surface area contributed by atoms with Gasteiger partial charge in [0.2, 0.25) is 0 Å². The molecule has 0 aliphatic carbocycles. The Morgan fingerprint density at radius 1 is 0.682 bits per heavy atom. The zero-order valence-corrected chi connectivity index (χ0v) is 28.1. The molecule has 0 bridgehead atoms. The molecular weight excluding hydrogens is 564 g/mol. The molecule has 2 saturated heterocycles. The summed E-state index contributed by atoms with van der Waals surface area (Å²) in [6.45, 7) is 17.8. The monoisotopic (exact) mass is 614 g/mol. The Bertz CT molecular complexity index is 1250. The Hall–Kier alpha value is -2.98. The van der Waals surface area contributed by atoms with E-state index in [1.165, 1.54) is 20.3 Å². The van der Waals surface area contributed by atoms with E-state index in [4.69, 9.17) is 9.47 Å². The summed E-state index contributed by atoms with van der Waals surface area (Å²) in [6, 6.07) is 3.13. The van der Waals surface area contributed by atoms with Crippen molar-refractivity contribution in [2.45, 2.75) is 128 Å². The molecule has 2 heterocycles. The predicted molar refractivity (Wildman–Crippen MR) is 162 cm³/mol. The number of carbonyl (C=O) groups is 4. The lowest BCUT2D eigenvalue weighted by Gasteiger charge is -2.57. The van der Waals surface area contributed by atoms with Gasteiger partial charge in [0.05, 0.1) is 39.0 Å². The van der Waals surface area contributed by atoms with Crippen LogP contribution in [0, 0.1) is 0 Å². The van der Waals surface area contributed by atoms with Crippen molar-refractivity contribution in [1.82, 2.24) is 9.80 Å². The van der Waals surface area contributed by atoms with E-state index in [-0.39, 0.29) is 58.8 Å². The molecule has 2 aliphatic rings. The van der Waals surface area contributed by atoms with Crippen molar-refractivity contribution < 1.29 is 38.9 Å². The molecule has 246 valence electrons. The third kappa shape index (κ3) is 7.28. The van der Waals surface area contributed by atoms with Crippen LogP contribution >= 0.6 is 0 Å². The summed E-state index contributed by atoms with van der Waals surface area (Å²) in [4.78, 5) is 53.6. The lowest BCUT2D eigenvalue weighted by molar-refractivity contribution is -0.259. The molecule has 2 fully saturated rings. The smallest absolute Gasteiger partial charge is 0.306 e. The van der Waals surface area contributed by atoms with Crippen LogP contribution in [0.5, 0.6) is 0 Å². The first kappa shape index (κ1) is 35.5. The van der Waals surface area contributed by atoms with Gasteiger partial charge in [0.1, 0.15) is 0 Å². The normalized spacial score (nSPS) is 21.9. The first-order chi connectivity index (χ1) is 20.2. The molecule has 0 amide bonds. The van der Waals surface area contributed by atoms with E-state index >= 15 is 0 Å². The molecule has 10 nitrogen and oxygen atoms in total. The van der Waals surface area contributed by atoms with Crippen LogP contribution in [-0.4, -0.2) is 83.1 Å². The quantitative estimate of drug-likeness (QED) is 0.361. The summed E-state index contributed by atoms with van der Waals surface area (Å²) in [5.74, 6) is -4.03. The third-order valence-electron chi connectivity index (χ3n) is 9.99. The highest BCUT2D eigenvalue weighted by Crippen LogP contribution is 2.52. The molecule has 0 saturated carbocycles. The zero-order valence-electron chi connectivity index (χ0n) is 28.1. The maximum atomic E-state index is 12.8. The Kier molecular flexibility index (Phi) is 10.3. The number of ether oxygens (including phenoxy) is 2. The summed E-state index contributed by atoms with van der Waals surface area (Å²) in [6.07, 6.45) is 2.92. The van der Waals surface area contributed by atoms with Gasteiger partial charge in [-0.1, -0.05) is 12.1 Å². The number of benzene rings is 1. The van der Waals surface area contributed by atoms with Crippen molar-refractivity contribution in [3.8, 4) is 0 Å². The highest BCUT2D eigenvalue weighted by atomic mass is 16.5. The fourth-order valence-corrected chi connectivity index (χ4v) is 8.70. The van der Waals surface area contributed by atoms with Crippen LogP contribution in [0.3, 0.4) is 0 Å². The molecule has 0 spiro atoms. The Morgan fingerprint density at radius 3 is 1.41 bits per heavy atom. The van der Waals surface area contributed by atoms with E-state index in [9.17, 15) is 29.4 Å². The number of hydrogen-bond acceptors (Lipinski definition) is 10. The maximum Gasteiger partial charge on any atom is 0.306 e. The SMILES string of the molecule is COC(=O)CCN1C(C)(C)CC(c2ccc(C(=O)[O-])c(C(=O)[O-])c2C2CC(C)(C)N(CCC(=O)OC)C(C)(C)C2)CC1(C)C. The lowest BCUT2D eigenvalue weighted by atomic mass is 9.65. The molecule has 0 aromatic heterocycles. The zero-order chi connectivity index (χ0) is 33.4. The molecule has 2 aliphatic heterocycles. The van der Waals surface area contributed by atoms with Crippen LogP contribution in [0.1, 0.15) is 138 Å². The summed E-state index contributed by atoms with van der Waals surface area (Å²) in [5.41, 5.74) is -0.956. The summed E-state index contributed by atoms with van der Waals surface area (Å²) >= 11 is 0. The van der Waals surface area contributed by atoms with Crippen molar-refractivity contribution in [2.24, 2.45) is 0 Å². The summed E-state index contributed by atoms with van der Waals surface area (Å²) in [7, 11) is 2.74. The van der Waals surface area contributed by atoms with E-state index in [2.05, 4.69) is 65.2 Å². The highest BCUT2D eigenvalue weighted by Gasteiger charge is 2.49. The molecule has 0 unspecified atom stereocenters. The number of likely N-dealkylation sites (tertiary alicyclic amines) is 2. The number of piperidine rings is 2. The van der Waals surface area contributed by atoms with E-state index in [0.29, 0.717) is 44.3 Å². The number of esters is 2. The minimum Gasteiger partial charge on any atom is -0.545 e. The standard InChI is InChI=1S/C34H52N2O8/c1-31(2)17-21(18-32(3,4)35(31)15-13-25(37)43-9)23-11-12-24(29(39)40)28(30(41)42)27(23)22-19-33(5,6)36(34(7,8)20-22)16-14-26(38)44-10/h11-12,21-22H,13-20H2,1-10H3,(H,39,40)(H,41,42)/p-2. The van der Waals surface area contributed by atoms with Gasteiger partial charge in [-0.25, -0.2) is 0 Å². The number of carboxylic acid groups (broad SMARTS) is 2. The number of methoxy groups -OCH3 is 2. The number of nitrogens with zero attached hydrogens (tertiary/aromatic N) is 2. The fraction of sp³-hybridized carbons (Fsp3) is 0.706. The van der Waals surface area contributed by atoms with Crippen molar-refractivity contribution in [1.29, 1.82) is 0 Å². The second-order valence-electron chi connectivity index (χ2n) is 15.0. The fourth-order valence-electron chi connectivity index (χ4n) is 8.70. The second-order valence-corrected chi connectivity index (χ2v) is 15.0. The molecule has 1 aromatic carbocycles. The van der Waals surface area contributed by atoms with Gasteiger partial charge < -0.3 is 29.3 Å². The first-order valence-corrected chi connectivity index (χ1v) is 15.5. The van der Waals surface area contributed by atoms with Crippen LogP contribution in [0.4, 0.5) is 0 Å². The van der Waals surface area contributed by atoms with Crippen LogP contribution < -0.4 is 10.2 Å². The van der Waals surface area contributed by atoms with Gasteiger partial charge in [-0.2, -0.15) is 0 Å². The van der Waals surface area contributed by atoms with E-state index in [1.54, 1.807) is 6.07 Å². The topological polar surface area (TPSA) is 139 Å². The Morgan fingerprint density at radius 2 is 1.07 bits per heavy atom. The van der Waals surface area contributed by atoms with Crippen LogP contribution in [0.2, 0.25) is 0 Å². The number of carboxylic acids is 2. The molecular formula is C34H50N2O8-2. The average Bonchev–Trinajstić information content (AvgIpc) is 2.88. The van der Waals surface area contributed by atoms with E-state index in [1.807, 2.05) is 0 Å². The molecule has 3 rings (SSSR count). The average molecular weight is 615 g/mol. The lowest BCUT2D eigenvalue weighted by Crippen LogP contribution is -2.61. The molecule has 0 N–H and O–H groups in total. The molecule has 1 aromatic rings. The van der Waals surface area contributed by atoms with Gasteiger partial charge in [0.25, 0.3) is 0 Å². The molecule has 0 atom stereocenters. The number of rotatable bonds is 10. The van der Waals surface area contributed by atoms with Crippen LogP contribution in [0.25, 0.3) is 0 Å². The van der Waals surface area contributed by atoms with Crippen molar-refractivity contribution in [3.05, 3.63) is 34.4 Å². The minimum absolute atomic E-state index is 0.0816. The Balaban J connectivity index is 2.14. The van der Waals surface area contributed by atoms with Gasteiger partial charge in [-0.15, -0.1) is 0 Å². The van der Waals surface area contributed by atoms with Crippen molar-refractivity contribution in [2.75, 3.05) is 27.3 Å². The maximum absolute atomic E-state index is 12.8. The number of aromatic carboxylic acids is 2. The van der Waals surface area contributed by atoms with Gasteiger partial charge in [0.15, 0.2) is 0 Å². The van der Waals surface area contributed by atoms with E-state index < -0.39 is 23.0 Å². The summed E-state index contributed by atoms with van der Waals surface area (Å²) < 4.78 is 9.76.